The minimum Gasteiger partial charge on any atom is -0.356 e. The molecular formula is C22H24N2O2S3. The molecule has 0 unspecified atom stereocenters. The van der Waals surface area contributed by atoms with Crippen LogP contribution in [0, 0.1) is 0 Å². The molecule has 152 valence electrons. The van der Waals surface area contributed by atoms with Gasteiger partial charge in [-0.05, 0) is 42.3 Å². The molecule has 0 spiro atoms. The van der Waals surface area contributed by atoms with Gasteiger partial charge in [0, 0.05) is 24.4 Å². The summed E-state index contributed by atoms with van der Waals surface area (Å²) in [6.45, 7) is 1.28. The van der Waals surface area contributed by atoms with Crippen molar-refractivity contribution in [3.8, 4) is 0 Å². The highest BCUT2D eigenvalue weighted by Gasteiger charge is 2.31. The SMILES string of the molecule is O=C(CCCCCN1C(=O)/C(=C\c2cccs2)SC1=S)NCCc1ccccc1. The third-order valence-corrected chi connectivity index (χ3v) is 6.75. The third-order valence-electron chi connectivity index (χ3n) is 4.55. The topological polar surface area (TPSA) is 49.4 Å². The molecule has 0 saturated carbocycles. The largest absolute Gasteiger partial charge is 0.356 e. The van der Waals surface area contributed by atoms with Gasteiger partial charge >= 0.3 is 0 Å². The summed E-state index contributed by atoms with van der Waals surface area (Å²) < 4.78 is 0.622. The lowest BCUT2D eigenvalue weighted by atomic mass is 10.1. The van der Waals surface area contributed by atoms with Crippen molar-refractivity contribution in [1.29, 1.82) is 0 Å². The summed E-state index contributed by atoms with van der Waals surface area (Å²) in [6, 6.07) is 14.1. The van der Waals surface area contributed by atoms with E-state index in [9.17, 15) is 9.59 Å². The number of hydrogen-bond donors (Lipinski definition) is 1. The molecule has 3 rings (SSSR count). The molecule has 0 radical (unpaired) electrons. The average Bonchev–Trinajstić information content (AvgIpc) is 3.32. The number of carbonyl (C=O) groups is 2. The minimum atomic E-state index is -0.00736. The van der Waals surface area contributed by atoms with Gasteiger partial charge in [0.15, 0.2) is 0 Å². The molecule has 1 saturated heterocycles. The van der Waals surface area contributed by atoms with E-state index in [0.717, 1.165) is 30.6 Å². The molecule has 1 fully saturated rings. The number of thioether (sulfide) groups is 1. The summed E-state index contributed by atoms with van der Waals surface area (Å²) in [5.74, 6) is 0.0810. The second kappa shape index (κ2) is 11.3. The number of thiocarbonyl (C=S) groups is 1. The third kappa shape index (κ3) is 6.80. The van der Waals surface area contributed by atoms with Crippen molar-refractivity contribution < 1.29 is 9.59 Å². The van der Waals surface area contributed by atoms with Crippen LogP contribution in [0.1, 0.15) is 36.1 Å². The van der Waals surface area contributed by atoms with Gasteiger partial charge < -0.3 is 5.32 Å². The summed E-state index contributed by atoms with van der Waals surface area (Å²) in [6.07, 6.45) is 5.83. The number of rotatable bonds is 10. The minimum absolute atomic E-state index is 0.00736. The van der Waals surface area contributed by atoms with Crippen LogP contribution in [0.25, 0.3) is 6.08 Å². The number of carbonyl (C=O) groups excluding carboxylic acids is 2. The molecule has 29 heavy (non-hydrogen) atoms. The number of hydrogen-bond acceptors (Lipinski definition) is 5. The van der Waals surface area contributed by atoms with Crippen LogP contribution in [-0.2, 0) is 16.0 Å². The molecule has 0 aliphatic carbocycles. The lowest BCUT2D eigenvalue weighted by molar-refractivity contribution is -0.122. The summed E-state index contributed by atoms with van der Waals surface area (Å²) in [4.78, 5) is 27.9. The van der Waals surface area contributed by atoms with Gasteiger partial charge in [0.2, 0.25) is 5.91 Å². The number of nitrogens with one attached hydrogen (secondary N) is 1. The highest BCUT2D eigenvalue weighted by Crippen LogP contribution is 2.33. The van der Waals surface area contributed by atoms with Gasteiger partial charge in [-0.15, -0.1) is 11.3 Å². The summed E-state index contributed by atoms with van der Waals surface area (Å²) in [7, 11) is 0. The van der Waals surface area contributed by atoms with Gasteiger partial charge in [-0.25, -0.2) is 0 Å². The van der Waals surface area contributed by atoms with Gasteiger partial charge in [-0.3, -0.25) is 14.5 Å². The van der Waals surface area contributed by atoms with Gasteiger partial charge in [0.1, 0.15) is 4.32 Å². The molecule has 7 heteroatoms. The normalized spacial score (nSPS) is 15.3. The van der Waals surface area contributed by atoms with Gasteiger partial charge in [-0.1, -0.05) is 66.8 Å². The fourth-order valence-corrected chi connectivity index (χ4v) is 5.04. The summed E-state index contributed by atoms with van der Waals surface area (Å²) in [5.41, 5.74) is 1.23. The van der Waals surface area contributed by atoms with Gasteiger partial charge in [-0.2, -0.15) is 0 Å². The van der Waals surface area contributed by atoms with Crippen LogP contribution < -0.4 is 5.32 Å². The Morgan fingerprint density at radius 1 is 1.10 bits per heavy atom. The lowest BCUT2D eigenvalue weighted by Crippen LogP contribution is -2.29. The maximum absolute atomic E-state index is 12.5. The highest BCUT2D eigenvalue weighted by molar-refractivity contribution is 8.26. The van der Waals surface area contributed by atoms with E-state index in [0.29, 0.717) is 28.7 Å². The lowest BCUT2D eigenvalue weighted by Gasteiger charge is -2.14. The number of nitrogens with zero attached hydrogens (tertiary/aromatic N) is 1. The zero-order valence-corrected chi connectivity index (χ0v) is 18.6. The molecule has 0 bridgehead atoms. The molecule has 0 atom stereocenters. The molecule has 1 aromatic carbocycles. The molecule has 2 aromatic rings. The van der Waals surface area contributed by atoms with E-state index in [1.54, 1.807) is 16.2 Å². The van der Waals surface area contributed by atoms with Crippen LogP contribution >= 0.6 is 35.3 Å². The Hall–Kier alpha value is -1.96. The van der Waals surface area contributed by atoms with E-state index in [4.69, 9.17) is 12.2 Å². The molecule has 1 aliphatic heterocycles. The molecule has 4 nitrogen and oxygen atoms in total. The van der Waals surface area contributed by atoms with Gasteiger partial charge in [0.25, 0.3) is 5.91 Å². The first-order valence-corrected chi connectivity index (χ1v) is 11.8. The molecular weight excluding hydrogens is 420 g/mol. The molecule has 1 aromatic heterocycles. The number of thiophene rings is 1. The van der Waals surface area contributed by atoms with Crippen LogP contribution in [0.2, 0.25) is 0 Å². The Morgan fingerprint density at radius 3 is 2.69 bits per heavy atom. The van der Waals surface area contributed by atoms with E-state index in [2.05, 4.69) is 17.4 Å². The molecule has 1 N–H and O–H groups in total. The Labute approximate surface area is 185 Å². The molecule has 2 amide bonds. The Morgan fingerprint density at radius 2 is 1.93 bits per heavy atom. The van der Waals surface area contributed by atoms with Crippen LogP contribution in [0.3, 0.4) is 0 Å². The fraction of sp³-hybridized carbons (Fsp3) is 0.318. The first kappa shape index (κ1) is 21.7. The Balaban J connectivity index is 1.30. The standard InChI is InChI=1S/C22H24N2O2S3/c25-20(23-13-12-17-8-3-1-4-9-17)11-5-2-6-14-24-21(26)19(29-22(24)27)16-18-10-7-15-28-18/h1,3-4,7-10,15-16H,2,5-6,11-14H2,(H,23,25)/b19-16+. The Bertz CT molecular complexity index is 863. The van der Waals surface area contributed by atoms with Crippen LogP contribution in [-0.4, -0.2) is 34.1 Å². The van der Waals surface area contributed by atoms with Crippen molar-refractivity contribution in [2.24, 2.45) is 0 Å². The maximum atomic E-state index is 12.5. The quantitative estimate of drug-likeness (QED) is 0.323. The first-order chi connectivity index (χ1) is 14.1. The van der Waals surface area contributed by atoms with Crippen LogP contribution in [0.5, 0.6) is 0 Å². The van der Waals surface area contributed by atoms with Crippen LogP contribution in [0.15, 0.2) is 52.7 Å². The Kier molecular flexibility index (Phi) is 8.46. The second-order valence-corrected chi connectivity index (χ2v) is 9.40. The summed E-state index contributed by atoms with van der Waals surface area (Å²) in [5, 5.41) is 4.96. The smallest absolute Gasteiger partial charge is 0.266 e. The van der Waals surface area contributed by atoms with E-state index in [1.165, 1.54) is 17.3 Å². The van der Waals surface area contributed by atoms with Gasteiger partial charge in [0.05, 0.1) is 4.91 Å². The van der Waals surface area contributed by atoms with E-state index < -0.39 is 0 Å². The molecule has 1 aliphatic rings. The summed E-state index contributed by atoms with van der Waals surface area (Å²) >= 11 is 8.34. The monoisotopic (exact) mass is 444 g/mol. The van der Waals surface area contributed by atoms with Crippen molar-refractivity contribution in [3.05, 3.63) is 63.2 Å². The fourth-order valence-electron chi connectivity index (χ4n) is 3.01. The van der Waals surface area contributed by atoms with Crippen molar-refractivity contribution >= 4 is 57.5 Å². The second-order valence-electron chi connectivity index (χ2n) is 6.74. The zero-order valence-electron chi connectivity index (χ0n) is 16.1. The maximum Gasteiger partial charge on any atom is 0.266 e. The number of amides is 2. The van der Waals surface area contributed by atoms with Crippen molar-refractivity contribution in [2.45, 2.75) is 32.1 Å². The van der Waals surface area contributed by atoms with Crippen molar-refractivity contribution in [2.75, 3.05) is 13.1 Å². The zero-order chi connectivity index (χ0) is 20.5. The van der Waals surface area contributed by atoms with E-state index >= 15 is 0 Å². The molecule has 2 heterocycles. The average molecular weight is 445 g/mol. The number of unbranched alkanes of at least 4 members (excludes halogenated alkanes) is 2. The van der Waals surface area contributed by atoms with Crippen molar-refractivity contribution in [1.82, 2.24) is 10.2 Å². The van der Waals surface area contributed by atoms with E-state index in [-0.39, 0.29) is 11.8 Å². The van der Waals surface area contributed by atoms with Crippen molar-refractivity contribution in [3.63, 3.8) is 0 Å². The number of benzene rings is 1. The van der Waals surface area contributed by atoms with Crippen LogP contribution in [0.4, 0.5) is 0 Å². The van der Waals surface area contributed by atoms with E-state index in [1.807, 2.05) is 41.8 Å². The highest BCUT2D eigenvalue weighted by atomic mass is 32.2. The first-order valence-electron chi connectivity index (χ1n) is 9.73. The predicted molar refractivity (Wildman–Crippen MR) is 126 cm³/mol. The predicted octanol–water partition coefficient (Wildman–Crippen LogP) is 4.87.